The molecule has 2 heterocycles. The molecule has 0 aliphatic heterocycles. The molecule has 0 unspecified atom stereocenters. The van der Waals surface area contributed by atoms with Crippen LogP contribution in [0.5, 0.6) is 5.75 Å². The molecule has 3 aromatic carbocycles. The number of nitrogens with one attached hydrogen (secondary N) is 2. The predicted molar refractivity (Wildman–Crippen MR) is 142 cm³/mol. The van der Waals surface area contributed by atoms with E-state index in [1.54, 1.807) is 23.9 Å². The summed E-state index contributed by atoms with van der Waals surface area (Å²) in [6, 6.07) is 21.0. The Morgan fingerprint density at radius 2 is 1.83 bits per heavy atom. The van der Waals surface area contributed by atoms with Crippen molar-refractivity contribution in [1.82, 2.24) is 9.71 Å². The maximum absolute atomic E-state index is 12.4. The molecule has 11 heteroatoms. The molecule has 1 amide bonds. The Morgan fingerprint density at radius 3 is 2.60 bits per heavy atom. The second-order valence-corrected chi connectivity index (χ2v) is 12.5. The zero-order valence-electron chi connectivity index (χ0n) is 17.7. The minimum absolute atomic E-state index is 0.108. The van der Waals surface area contributed by atoms with Crippen molar-refractivity contribution in [2.45, 2.75) is 14.0 Å². The molecule has 0 aliphatic rings. The SMILES string of the molecule is O=C(COc1cccc2[nH]cc(Sc3ccc4ccccc4c3)c12)NS(=O)(=O)c1cc(Cl)c(Cl)s1. The lowest BCUT2D eigenvalue weighted by molar-refractivity contribution is -0.121. The zero-order chi connectivity index (χ0) is 24.6. The van der Waals surface area contributed by atoms with E-state index in [4.69, 9.17) is 27.9 Å². The van der Waals surface area contributed by atoms with Crippen molar-refractivity contribution in [2.75, 3.05) is 6.61 Å². The van der Waals surface area contributed by atoms with Crippen LogP contribution in [0.4, 0.5) is 0 Å². The van der Waals surface area contributed by atoms with Gasteiger partial charge < -0.3 is 9.72 Å². The first-order valence-corrected chi connectivity index (χ1v) is 14.1. The van der Waals surface area contributed by atoms with E-state index in [1.165, 1.54) is 6.07 Å². The van der Waals surface area contributed by atoms with Gasteiger partial charge in [0, 0.05) is 16.0 Å². The third-order valence-corrected chi connectivity index (χ3v) is 9.82. The van der Waals surface area contributed by atoms with Crippen molar-refractivity contribution in [3.05, 3.63) is 82.3 Å². The zero-order valence-corrected chi connectivity index (χ0v) is 21.7. The summed E-state index contributed by atoms with van der Waals surface area (Å²) in [5.41, 5.74) is 0.835. The number of rotatable bonds is 7. The molecule has 2 aromatic heterocycles. The Kier molecular flexibility index (Phi) is 6.69. The highest BCUT2D eigenvalue weighted by molar-refractivity contribution is 7.99. The fourth-order valence-corrected chi connectivity index (χ4v) is 7.37. The first kappa shape index (κ1) is 24.0. The van der Waals surface area contributed by atoms with Gasteiger partial charge in [0.1, 0.15) is 14.3 Å². The summed E-state index contributed by atoms with van der Waals surface area (Å²) in [5.74, 6) is -0.358. The fraction of sp³-hybridized carbons (Fsp3) is 0.0417. The number of aromatic amines is 1. The molecule has 0 bridgehead atoms. The van der Waals surface area contributed by atoms with Crippen LogP contribution in [-0.2, 0) is 14.8 Å². The Hall–Kier alpha value is -2.69. The van der Waals surface area contributed by atoms with Gasteiger partial charge in [0.2, 0.25) is 0 Å². The number of hydrogen-bond acceptors (Lipinski definition) is 6. The Bertz CT molecular complexity index is 1660. The largest absolute Gasteiger partial charge is 0.483 e. The molecular formula is C24H16Cl2N2O4S3. The summed E-state index contributed by atoms with van der Waals surface area (Å²) in [6.45, 7) is -0.490. The normalized spacial score (nSPS) is 11.7. The van der Waals surface area contributed by atoms with E-state index in [0.717, 1.165) is 42.8 Å². The van der Waals surface area contributed by atoms with E-state index < -0.39 is 22.5 Å². The molecule has 0 saturated heterocycles. The lowest BCUT2D eigenvalue weighted by Gasteiger charge is -2.10. The van der Waals surface area contributed by atoms with Crippen LogP contribution in [0.25, 0.3) is 21.7 Å². The summed E-state index contributed by atoms with van der Waals surface area (Å²) in [4.78, 5) is 17.6. The molecule has 6 nitrogen and oxygen atoms in total. The summed E-state index contributed by atoms with van der Waals surface area (Å²) >= 11 is 14.0. The molecule has 0 radical (unpaired) electrons. The monoisotopic (exact) mass is 562 g/mol. The van der Waals surface area contributed by atoms with Gasteiger partial charge in [-0.25, -0.2) is 13.1 Å². The number of ether oxygens (including phenoxy) is 1. The van der Waals surface area contributed by atoms with E-state index in [9.17, 15) is 13.2 Å². The molecule has 0 saturated carbocycles. The molecular weight excluding hydrogens is 547 g/mol. The van der Waals surface area contributed by atoms with Crippen molar-refractivity contribution in [3.63, 3.8) is 0 Å². The van der Waals surface area contributed by atoms with Gasteiger partial charge in [-0.2, -0.15) is 0 Å². The highest BCUT2D eigenvalue weighted by Crippen LogP contribution is 2.39. The number of carbonyl (C=O) groups excluding carboxylic acids is 1. The quantitative estimate of drug-likeness (QED) is 0.229. The Labute approximate surface area is 219 Å². The number of halogens is 2. The van der Waals surface area contributed by atoms with Crippen LogP contribution in [0.3, 0.4) is 0 Å². The van der Waals surface area contributed by atoms with Gasteiger partial charge in [0.05, 0.1) is 15.9 Å². The van der Waals surface area contributed by atoms with Gasteiger partial charge in [0.15, 0.2) is 6.61 Å². The number of H-pyrrole nitrogens is 1. The maximum Gasteiger partial charge on any atom is 0.273 e. The Balaban J connectivity index is 1.34. The first-order chi connectivity index (χ1) is 16.8. The van der Waals surface area contributed by atoms with Crippen molar-refractivity contribution < 1.29 is 17.9 Å². The standard InChI is InChI=1S/C24H16Cl2N2O4S3/c25-17-11-22(34-24(17)26)35(30,31)28-21(29)13-32-19-7-3-6-18-23(19)20(12-27-18)33-16-9-8-14-4-1-2-5-15(14)10-16/h1-12,27H,13H2,(H,28,29). The van der Waals surface area contributed by atoms with Gasteiger partial charge in [-0.3, -0.25) is 4.79 Å². The average Bonchev–Trinajstić information content (AvgIpc) is 3.41. The van der Waals surface area contributed by atoms with Gasteiger partial charge >= 0.3 is 0 Å². The van der Waals surface area contributed by atoms with Crippen LogP contribution in [0.15, 0.2) is 86.9 Å². The van der Waals surface area contributed by atoms with Crippen LogP contribution < -0.4 is 9.46 Å². The lowest BCUT2D eigenvalue weighted by atomic mass is 10.1. The van der Waals surface area contributed by atoms with Crippen molar-refractivity contribution in [3.8, 4) is 5.75 Å². The molecule has 178 valence electrons. The van der Waals surface area contributed by atoms with Gasteiger partial charge in [-0.1, -0.05) is 71.4 Å². The van der Waals surface area contributed by atoms with Crippen molar-refractivity contribution in [2.24, 2.45) is 0 Å². The second kappa shape index (κ2) is 9.75. The maximum atomic E-state index is 12.4. The Morgan fingerprint density at radius 1 is 1.03 bits per heavy atom. The molecule has 0 spiro atoms. The van der Waals surface area contributed by atoms with E-state index in [1.807, 2.05) is 29.1 Å². The number of hydrogen-bond donors (Lipinski definition) is 2. The molecule has 0 atom stereocenters. The molecule has 5 rings (SSSR count). The topological polar surface area (TPSA) is 88.3 Å². The predicted octanol–water partition coefficient (Wildman–Crippen LogP) is 6.72. The van der Waals surface area contributed by atoms with E-state index >= 15 is 0 Å². The average molecular weight is 564 g/mol. The summed E-state index contributed by atoms with van der Waals surface area (Å²) < 4.78 is 32.6. The number of benzene rings is 3. The number of thiophene rings is 1. The third kappa shape index (κ3) is 5.14. The van der Waals surface area contributed by atoms with Crippen LogP contribution in [0, 0.1) is 0 Å². The smallest absolute Gasteiger partial charge is 0.273 e. The second-order valence-electron chi connectivity index (χ2n) is 7.45. The molecule has 0 fully saturated rings. The van der Waals surface area contributed by atoms with E-state index in [-0.39, 0.29) is 13.6 Å². The summed E-state index contributed by atoms with van der Waals surface area (Å²) in [7, 11) is -4.10. The van der Waals surface area contributed by atoms with Crippen LogP contribution in [-0.4, -0.2) is 25.9 Å². The third-order valence-electron chi connectivity index (χ3n) is 5.07. The minimum Gasteiger partial charge on any atom is -0.483 e. The van der Waals surface area contributed by atoms with Crippen LogP contribution in [0.2, 0.25) is 9.36 Å². The van der Waals surface area contributed by atoms with Crippen LogP contribution in [0.1, 0.15) is 0 Å². The number of fused-ring (bicyclic) bond motifs is 2. The number of carbonyl (C=O) groups is 1. The summed E-state index contributed by atoms with van der Waals surface area (Å²) in [6.07, 6.45) is 1.88. The van der Waals surface area contributed by atoms with E-state index in [2.05, 4.69) is 35.3 Å². The molecule has 0 aliphatic carbocycles. The van der Waals surface area contributed by atoms with E-state index in [0.29, 0.717) is 5.75 Å². The van der Waals surface area contributed by atoms with Gasteiger partial charge in [0.25, 0.3) is 15.9 Å². The highest BCUT2D eigenvalue weighted by Gasteiger charge is 2.22. The van der Waals surface area contributed by atoms with Crippen LogP contribution >= 0.6 is 46.3 Å². The molecule has 5 aromatic rings. The minimum atomic E-state index is -4.10. The summed E-state index contributed by atoms with van der Waals surface area (Å²) in [5, 5.41) is 3.21. The first-order valence-electron chi connectivity index (χ1n) is 10.2. The fourth-order valence-electron chi connectivity index (χ4n) is 3.51. The molecule has 35 heavy (non-hydrogen) atoms. The highest BCUT2D eigenvalue weighted by atomic mass is 35.5. The number of aromatic nitrogens is 1. The lowest BCUT2D eigenvalue weighted by Crippen LogP contribution is -2.34. The number of amides is 1. The van der Waals surface area contributed by atoms with Gasteiger partial charge in [-0.05, 0) is 41.1 Å². The molecule has 2 N–H and O–H groups in total. The number of sulfonamides is 1. The van der Waals surface area contributed by atoms with Gasteiger partial charge in [-0.15, -0.1) is 11.3 Å². The van der Waals surface area contributed by atoms with Crippen molar-refractivity contribution >= 4 is 83.9 Å². The van der Waals surface area contributed by atoms with Crippen molar-refractivity contribution in [1.29, 1.82) is 0 Å².